The Hall–Kier alpha value is -2.14. The highest BCUT2D eigenvalue weighted by atomic mass is 32.2. The van der Waals surface area contributed by atoms with Crippen molar-refractivity contribution in [1.82, 2.24) is 5.32 Å². The normalized spacial score (nSPS) is 17.1. The quantitative estimate of drug-likeness (QED) is 0.920. The average molecular weight is 315 g/mol. The molecule has 1 heterocycles. The highest BCUT2D eigenvalue weighted by Crippen LogP contribution is 2.26. The number of thioether (sulfide) groups is 1. The molecule has 0 aromatic heterocycles. The smallest absolute Gasteiger partial charge is 0.234 e. The highest BCUT2D eigenvalue weighted by molar-refractivity contribution is 8.01. The largest absolute Gasteiger partial charge is 0.497 e. The number of hydrogen-bond donors (Lipinski definition) is 1. The van der Waals surface area contributed by atoms with E-state index >= 15 is 0 Å². The van der Waals surface area contributed by atoms with E-state index in [1.165, 1.54) is 0 Å². The van der Waals surface area contributed by atoms with Gasteiger partial charge in [-0.25, -0.2) is 0 Å². The molecule has 1 aliphatic rings. The summed E-state index contributed by atoms with van der Waals surface area (Å²) in [6.45, 7) is 0. The number of carbonyl (C=O) groups excluding carboxylic acids is 1. The van der Waals surface area contributed by atoms with Gasteiger partial charge < -0.3 is 14.8 Å². The van der Waals surface area contributed by atoms with Gasteiger partial charge >= 0.3 is 0 Å². The number of nitrogens with one attached hydrogen (secondary N) is 1. The van der Waals surface area contributed by atoms with Crippen molar-refractivity contribution < 1.29 is 14.3 Å². The Morgan fingerprint density at radius 2 is 1.91 bits per heavy atom. The van der Waals surface area contributed by atoms with Crippen LogP contribution in [0.2, 0.25) is 0 Å². The van der Waals surface area contributed by atoms with Crippen LogP contribution in [0.15, 0.2) is 48.5 Å². The lowest BCUT2D eigenvalue weighted by molar-refractivity contribution is -0.119. The van der Waals surface area contributed by atoms with Crippen molar-refractivity contribution >= 4 is 17.7 Å². The van der Waals surface area contributed by atoms with Gasteiger partial charge in [-0.15, -0.1) is 11.8 Å². The molecule has 0 bridgehead atoms. The fraction of sp³-hybridized carbons (Fsp3) is 0.235. The number of methoxy groups -OCH3 is 1. The molecule has 5 heteroatoms. The lowest BCUT2D eigenvalue weighted by Gasteiger charge is -2.10. The van der Waals surface area contributed by atoms with Gasteiger partial charge in [0.1, 0.15) is 17.2 Å². The molecular weight excluding hydrogens is 298 g/mol. The summed E-state index contributed by atoms with van der Waals surface area (Å²) in [4.78, 5) is 11.6. The van der Waals surface area contributed by atoms with E-state index in [9.17, 15) is 4.79 Å². The van der Waals surface area contributed by atoms with E-state index in [-0.39, 0.29) is 11.2 Å². The third-order valence-electron chi connectivity index (χ3n) is 3.44. The lowest BCUT2D eigenvalue weighted by Crippen LogP contribution is -2.23. The van der Waals surface area contributed by atoms with Crippen LogP contribution in [0.3, 0.4) is 0 Å². The fourth-order valence-corrected chi connectivity index (χ4v) is 3.26. The Morgan fingerprint density at radius 1 is 1.14 bits per heavy atom. The van der Waals surface area contributed by atoms with Crippen molar-refractivity contribution in [2.45, 2.75) is 11.7 Å². The molecule has 1 N–H and O–H groups in total. The summed E-state index contributed by atoms with van der Waals surface area (Å²) in [6, 6.07) is 15.3. The summed E-state index contributed by atoms with van der Waals surface area (Å²) < 4.78 is 11.0. The van der Waals surface area contributed by atoms with Crippen LogP contribution in [0.25, 0.3) is 0 Å². The lowest BCUT2D eigenvalue weighted by atomic mass is 10.1. The van der Waals surface area contributed by atoms with E-state index in [1.54, 1.807) is 18.9 Å². The first-order valence-corrected chi connectivity index (χ1v) is 8.09. The molecule has 1 atom stereocenters. The zero-order valence-electron chi connectivity index (χ0n) is 12.2. The molecule has 114 valence electrons. The topological polar surface area (TPSA) is 47.6 Å². The predicted molar refractivity (Wildman–Crippen MR) is 87.6 cm³/mol. The van der Waals surface area contributed by atoms with Crippen molar-refractivity contribution in [2.24, 2.45) is 0 Å². The SMILES string of the molecule is COc1ccc(Oc2cccc(CC3SCNC3=O)c2)cc1. The molecule has 4 nitrogen and oxygen atoms in total. The summed E-state index contributed by atoms with van der Waals surface area (Å²) in [5.74, 6) is 3.14. The van der Waals surface area contributed by atoms with Crippen molar-refractivity contribution in [3.63, 3.8) is 0 Å². The first-order chi connectivity index (χ1) is 10.7. The molecule has 2 aromatic rings. The second-order valence-corrected chi connectivity index (χ2v) is 6.16. The van der Waals surface area contributed by atoms with Crippen LogP contribution in [0.4, 0.5) is 0 Å². The van der Waals surface area contributed by atoms with Crippen LogP contribution in [0.5, 0.6) is 17.2 Å². The zero-order chi connectivity index (χ0) is 15.4. The molecule has 1 amide bonds. The van der Waals surface area contributed by atoms with Gasteiger partial charge in [-0.2, -0.15) is 0 Å². The Morgan fingerprint density at radius 3 is 2.59 bits per heavy atom. The predicted octanol–water partition coefficient (Wildman–Crippen LogP) is 3.22. The molecule has 2 aromatic carbocycles. The molecule has 1 fully saturated rings. The monoisotopic (exact) mass is 315 g/mol. The van der Waals surface area contributed by atoms with Gasteiger partial charge in [0.25, 0.3) is 0 Å². The Labute approximate surface area is 133 Å². The maximum absolute atomic E-state index is 11.6. The van der Waals surface area contributed by atoms with Crippen molar-refractivity contribution in [3.8, 4) is 17.2 Å². The summed E-state index contributed by atoms with van der Waals surface area (Å²) in [6.07, 6.45) is 0.719. The van der Waals surface area contributed by atoms with Gasteiger partial charge in [0.2, 0.25) is 5.91 Å². The van der Waals surface area contributed by atoms with E-state index in [0.717, 1.165) is 29.2 Å². The number of benzene rings is 2. The van der Waals surface area contributed by atoms with Crippen LogP contribution in [0.1, 0.15) is 5.56 Å². The Kier molecular flexibility index (Phi) is 4.53. The van der Waals surface area contributed by atoms with E-state index < -0.39 is 0 Å². The molecule has 1 aliphatic heterocycles. The second kappa shape index (κ2) is 6.75. The number of rotatable bonds is 5. The minimum absolute atomic E-state index is 0.00348. The van der Waals surface area contributed by atoms with Gasteiger partial charge in [0.05, 0.1) is 18.2 Å². The van der Waals surface area contributed by atoms with Gasteiger partial charge in [0.15, 0.2) is 0 Å². The summed E-state index contributed by atoms with van der Waals surface area (Å²) in [7, 11) is 1.64. The number of ether oxygens (including phenoxy) is 2. The number of hydrogen-bond acceptors (Lipinski definition) is 4. The van der Waals surface area contributed by atoms with Gasteiger partial charge in [-0.3, -0.25) is 4.79 Å². The van der Waals surface area contributed by atoms with E-state index in [4.69, 9.17) is 9.47 Å². The first-order valence-electron chi connectivity index (χ1n) is 7.05. The third-order valence-corrected chi connectivity index (χ3v) is 4.53. The van der Waals surface area contributed by atoms with Crippen LogP contribution in [0, 0.1) is 0 Å². The minimum atomic E-state index is -0.00348. The molecule has 0 saturated carbocycles. The fourth-order valence-electron chi connectivity index (χ4n) is 2.28. The molecular formula is C17H17NO3S. The molecule has 0 spiro atoms. The maximum Gasteiger partial charge on any atom is 0.234 e. The van der Waals surface area contributed by atoms with Crippen molar-refractivity contribution in [3.05, 3.63) is 54.1 Å². The van der Waals surface area contributed by atoms with Crippen LogP contribution >= 0.6 is 11.8 Å². The molecule has 1 unspecified atom stereocenters. The molecule has 3 rings (SSSR count). The highest BCUT2D eigenvalue weighted by Gasteiger charge is 2.24. The first kappa shape index (κ1) is 14.8. The Bertz CT molecular complexity index is 657. The van der Waals surface area contributed by atoms with Crippen LogP contribution in [-0.4, -0.2) is 24.1 Å². The van der Waals surface area contributed by atoms with Gasteiger partial charge in [-0.05, 0) is 48.4 Å². The Balaban J connectivity index is 1.68. The molecule has 0 radical (unpaired) electrons. The third kappa shape index (κ3) is 3.54. The summed E-state index contributed by atoms with van der Waals surface area (Å²) >= 11 is 1.64. The van der Waals surface area contributed by atoms with E-state index in [2.05, 4.69) is 5.32 Å². The van der Waals surface area contributed by atoms with Crippen LogP contribution < -0.4 is 14.8 Å². The molecule has 0 aliphatic carbocycles. The summed E-state index contributed by atoms with van der Waals surface area (Å²) in [5, 5.41) is 2.83. The van der Waals surface area contributed by atoms with E-state index in [0.29, 0.717) is 5.88 Å². The molecule has 22 heavy (non-hydrogen) atoms. The van der Waals surface area contributed by atoms with E-state index in [1.807, 2.05) is 48.5 Å². The van der Waals surface area contributed by atoms with Gasteiger partial charge in [-0.1, -0.05) is 12.1 Å². The zero-order valence-corrected chi connectivity index (χ0v) is 13.1. The van der Waals surface area contributed by atoms with Crippen molar-refractivity contribution in [1.29, 1.82) is 0 Å². The summed E-state index contributed by atoms with van der Waals surface area (Å²) in [5.41, 5.74) is 1.10. The number of amides is 1. The molecule has 1 saturated heterocycles. The maximum atomic E-state index is 11.6. The standard InChI is InChI=1S/C17H17NO3S/c1-20-13-5-7-14(8-6-13)21-15-4-2-3-12(9-15)10-16-17(19)18-11-22-16/h2-9,16H,10-11H2,1H3,(H,18,19). The van der Waals surface area contributed by atoms with Gasteiger partial charge in [0, 0.05) is 0 Å². The van der Waals surface area contributed by atoms with Crippen LogP contribution in [-0.2, 0) is 11.2 Å². The minimum Gasteiger partial charge on any atom is -0.497 e. The number of carbonyl (C=O) groups is 1. The second-order valence-electron chi connectivity index (χ2n) is 4.97. The average Bonchev–Trinajstić information content (AvgIpc) is 2.94. The van der Waals surface area contributed by atoms with Crippen molar-refractivity contribution in [2.75, 3.05) is 13.0 Å².